The summed E-state index contributed by atoms with van der Waals surface area (Å²) in [5.41, 5.74) is 2.37. The minimum atomic E-state index is 0.699. The summed E-state index contributed by atoms with van der Waals surface area (Å²) in [5, 5.41) is 6.67. The molecule has 26 heavy (non-hydrogen) atoms. The van der Waals surface area contributed by atoms with Crippen molar-refractivity contribution in [2.24, 2.45) is 4.99 Å². The number of pyridine rings is 1. The second-order valence-corrected chi connectivity index (χ2v) is 6.58. The predicted octanol–water partition coefficient (Wildman–Crippen LogP) is 1.70. The second kappa shape index (κ2) is 9.20. The van der Waals surface area contributed by atoms with Crippen LogP contribution in [0.3, 0.4) is 0 Å². The van der Waals surface area contributed by atoms with Crippen molar-refractivity contribution in [1.82, 2.24) is 20.5 Å². The Balaban J connectivity index is 1.47. The zero-order valence-corrected chi connectivity index (χ0v) is 15.7. The molecule has 0 saturated carbocycles. The van der Waals surface area contributed by atoms with Gasteiger partial charge >= 0.3 is 0 Å². The van der Waals surface area contributed by atoms with Crippen LogP contribution in [-0.4, -0.2) is 56.1 Å². The molecule has 1 aromatic heterocycles. The highest BCUT2D eigenvalue weighted by Crippen LogP contribution is 2.13. The molecule has 1 aliphatic rings. The van der Waals surface area contributed by atoms with Crippen molar-refractivity contribution in [3.63, 3.8) is 0 Å². The van der Waals surface area contributed by atoms with Crippen LogP contribution in [0.15, 0.2) is 53.7 Å². The Morgan fingerprint density at radius 3 is 2.27 bits per heavy atom. The number of rotatable bonds is 5. The molecule has 3 rings (SSSR count). The lowest BCUT2D eigenvalue weighted by molar-refractivity contribution is 0.312. The summed E-state index contributed by atoms with van der Waals surface area (Å²) >= 11 is 0. The van der Waals surface area contributed by atoms with E-state index >= 15 is 0 Å². The lowest BCUT2D eigenvalue weighted by Gasteiger charge is -2.33. The number of guanidine groups is 1. The maximum atomic E-state index is 4.63. The Morgan fingerprint density at radius 2 is 1.65 bits per heavy atom. The third-order valence-corrected chi connectivity index (χ3v) is 4.62. The average Bonchev–Trinajstić information content (AvgIpc) is 2.70. The van der Waals surface area contributed by atoms with E-state index in [1.807, 2.05) is 24.4 Å². The molecule has 0 bridgehead atoms. The lowest BCUT2D eigenvalue weighted by Crippen LogP contribution is -2.44. The van der Waals surface area contributed by atoms with Crippen LogP contribution in [0, 0.1) is 0 Å². The molecule has 2 aromatic rings. The van der Waals surface area contributed by atoms with E-state index in [1.54, 1.807) is 7.05 Å². The molecular weight excluding hydrogens is 324 g/mol. The summed E-state index contributed by atoms with van der Waals surface area (Å²) in [6.45, 7) is 5.71. The molecule has 1 saturated heterocycles. The smallest absolute Gasteiger partial charge is 0.191 e. The summed E-state index contributed by atoms with van der Waals surface area (Å²) in [6, 6.07) is 14.6. The topological polar surface area (TPSA) is 55.8 Å². The van der Waals surface area contributed by atoms with E-state index in [9.17, 15) is 0 Å². The molecule has 0 unspecified atom stereocenters. The molecule has 1 aromatic carbocycles. The van der Waals surface area contributed by atoms with Gasteiger partial charge in [0.25, 0.3) is 0 Å². The predicted molar refractivity (Wildman–Crippen MR) is 107 cm³/mol. The molecule has 0 aliphatic carbocycles. The maximum absolute atomic E-state index is 4.63. The number of anilines is 1. The van der Waals surface area contributed by atoms with Gasteiger partial charge in [-0.3, -0.25) is 4.99 Å². The first kappa shape index (κ1) is 18.2. The van der Waals surface area contributed by atoms with Crippen LogP contribution in [0.5, 0.6) is 0 Å². The quantitative estimate of drug-likeness (QED) is 0.634. The highest BCUT2D eigenvalue weighted by Gasteiger charge is 2.14. The number of benzene rings is 1. The first-order chi connectivity index (χ1) is 12.7. The number of nitrogens with zero attached hydrogens (tertiary/aromatic N) is 4. The minimum Gasteiger partial charge on any atom is -0.354 e. The number of likely N-dealkylation sites (N-methyl/N-ethyl adjacent to an activating group) is 1. The van der Waals surface area contributed by atoms with Gasteiger partial charge in [-0.2, -0.15) is 0 Å². The Hall–Kier alpha value is -2.60. The van der Waals surface area contributed by atoms with Crippen LogP contribution in [0.25, 0.3) is 0 Å². The maximum Gasteiger partial charge on any atom is 0.191 e. The van der Waals surface area contributed by atoms with E-state index in [0.717, 1.165) is 50.1 Å². The van der Waals surface area contributed by atoms with Gasteiger partial charge in [0, 0.05) is 52.5 Å². The first-order valence-corrected chi connectivity index (χ1v) is 9.11. The van der Waals surface area contributed by atoms with Crippen molar-refractivity contribution in [3.8, 4) is 0 Å². The van der Waals surface area contributed by atoms with Crippen LogP contribution in [-0.2, 0) is 13.1 Å². The fourth-order valence-electron chi connectivity index (χ4n) is 2.93. The Kier molecular flexibility index (Phi) is 6.44. The van der Waals surface area contributed by atoms with Gasteiger partial charge in [0.05, 0.1) is 0 Å². The van der Waals surface area contributed by atoms with Gasteiger partial charge < -0.3 is 20.4 Å². The van der Waals surface area contributed by atoms with Crippen LogP contribution >= 0.6 is 0 Å². The van der Waals surface area contributed by atoms with Crippen molar-refractivity contribution in [1.29, 1.82) is 0 Å². The molecule has 2 N–H and O–H groups in total. The molecule has 2 heterocycles. The molecule has 0 atom stereocenters. The normalized spacial score (nSPS) is 15.8. The molecule has 0 amide bonds. The van der Waals surface area contributed by atoms with Crippen molar-refractivity contribution >= 4 is 11.8 Å². The molecule has 6 nitrogen and oxygen atoms in total. The summed E-state index contributed by atoms with van der Waals surface area (Å²) < 4.78 is 0. The summed E-state index contributed by atoms with van der Waals surface area (Å²) in [7, 11) is 3.95. The van der Waals surface area contributed by atoms with E-state index in [2.05, 4.69) is 61.7 Å². The van der Waals surface area contributed by atoms with Gasteiger partial charge in [-0.05, 0) is 24.2 Å². The van der Waals surface area contributed by atoms with Crippen LogP contribution in [0.4, 0.5) is 5.82 Å². The molecule has 6 heteroatoms. The fraction of sp³-hybridized carbons (Fsp3) is 0.400. The molecule has 0 spiro atoms. The summed E-state index contributed by atoms with van der Waals surface area (Å²) in [6.07, 6.45) is 1.95. The highest BCUT2D eigenvalue weighted by atomic mass is 15.3. The molecule has 138 valence electrons. The third-order valence-electron chi connectivity index (χ3n) is 4.62. The van der Waals surface area contributed by atoms with Crippen molar-refractivity contribution in [2.45, 2.75) is 13.1 Å². The van der Waals surface area contributed by atoms with E-state index < -0.39 is 0 Å². The largest absolute Gasteiger partial charge is 0.354 e. The van der Waals surface area contributed by atoms with E-state index in [4.69, 9.17) is 0 Å². The second-order valence-electron chi connectivity index (χ2n) is 6.58. The summed E-state index contributed by atoms with van der Waals surface area (Å²) in [5.74, 6) is 1.85. The van der Waals surface area contributed by atoms with E-state index in [-0.39, 0.29) is 0 Å². The van der Waals surface area contributed by atoms with Crippen molar-refractivity contribution in [3.05, 3.63) is 59.8 Å². The minimum absolute atomic E-state index is 0.699. The number of aliphatic imine (C=N–C) groups is 1. The zero-order chi connectivity index (χ0) is 18.2. The monoisotopic (exact) mass is 352 g/mol. The van der Waals surface area contributed by atoms with E-state index in [1.165, 1.54) is 5.56 Å². The molecule has 0 radical (unpaired) electrons. The van der Waals surface area contributed by atoms with Crippen molar-refractivity contribution in [2.75, 3.05) is 45.2 Å². The highest BCUT2D eigenvalue weighted by molar-refractivity contribution is 5.79. The Labute approximate surface area is 156 Å². The number of nitrogens with one attached hydrogen (secondary N) is 2. The number of hydrogen-bond acceptors (Lipinski definition) is 4. The van der Waals surface area contributed by atoms with Crippen LogP contribution in [0.1, 0.15) is 11.1 Å². The molecule has 1 aliphatic heterocycles. The van der Waals surface area contributed by atoms with Gasteiger partial charge in [-0.1, -0.05) is 36.4 Å². The zero-order valence-electron chi connectivity index (χ0n) is 15.7. The number of piperazine rings is 1. The first-order valence-electron chi connectivity index (χ1n) is 9.11. The van der Waals surface area contributed by atoms with Gasteiger partial charge in [0.2, 0.25) is 0 Å². The number of aromatic nitrogens is 1. The molecular formula is C20H28N6. The van der Waals surface area contributed by atoms with Gasteiger partial charge in [-0.25, -0.2) is 4.98 Å². The van der Waals surface area contributed by atoms with Crippen LogP contribution in [0.2, 0.25) is 0 Å². The van der Waals surface area contributed by atoms with Gasteiger partial charge in [0.15, 0.2) is 5.96 Å². The van der Waals surface area contributed by atoms with Crippen molar-refractivity contribution < 1.29 is 0 Å². The summed E-state index contributed by atoms with van der Waals surface area (Å²) in [4.78, 5) is 13.6. The SMILES string of the molecule is CN=C(NCc1ccccc1)NCc1ccc(N2CCN(C)CC2)nc1. The third kappa shape index (κ3) is 5.20. The standard InChI is InChI=1S/C20H28N6/c1-21-20(23-14-17-6-4-3-5-7-17)24-16-18-8-9-19(22-15-18)26-12-10-25(2)11-13-26/h3-9,15H,10-14,16H2,1-2H3,(H2,21,23,24). The average molecular weight is 352 g/mol. The van der Waals surface area contributed by atoms with Gasteiger partial charge in [-0.15, -0.1) is 0 Å². The van der Waals surface area contributed by atoms with Gasteiger partial charge in [0.1, 0.15) is 5.82 Å². The van der Waals surface area contributed by atoms with Crippen LogP contribution < -0.4 is 15.5 Å². The lowest BCUT2D eigenvalue weighted by atomic mass is 10.2. The Bertz CT molecular complexity index is 690. The fourth-order valence-corrected chi connectivity index (χ4v) is 2.93. The number of hydrogen-bond donors (Lipinski definition) is 2. The molecule has 1 fully saturated rings. The Morgan fingerprint density at radius 1 is 0.962 bits per heavy atom. The van der Waals surface area contributed by atoms with E-state index in [0.29, 0.717) is 6.54 Å².